The van der Waals surface area contributed by atoms with E-state index in [9.17, 15) is 0 Å². The quantitative estimate of drug-likeness (QED) is 0.491. The topological polar surface area (TPSA) is 38.0 Å². The Hall–Kier alpha value is -0.310. The molecule has 0 saturated carbocycles. The molecule has 11 heavy (non-hydrogen) atoms. The lowest BCUT2D eigenvalue weighted by Gasteiger charge is -2.05. The van der Waals surface area contributed by atoms with Crippen molar-refractivity contribution in [2.24, 2.45) is 11.7 Å². The van der Waals surface area contributed by atoms with Gasteiger partial charge in [-0.15, -0.1) is 0 Å². The van der Waals surface area contributed by atoms with Crippen LogP contribution in [0.3, 0.4) is 0 Å². The summed E-state index contributed by atoms with van der Waals surface area (Å²) in [6.45, 7) is 5.39. The lowest BCUT2D eigenvalue weighted by molar-refractivity contribution is 0.536. The molecule has 0 aliphatic rings. The van der Waals surface area contributed by atoms with E-state index in [0.29, 0.717) is 5.11 Å². The van der Waals surface area contributed by atoms with Crippen LogP contribution in [-0.2, 0) is 0 Å². The van der Waals surface area contributed by atoms with Gasteiger partial charge in [0.2, 0.25) is 0 Å². The Morgan fingerprint density at radius 1 is 1.45 bits per heavy atom. The minimum Gasteiger partial charge on any atom is -0.376 e. The van der Waals surface area contributed by atoms with E-state index in [1.54, 1.807) is 0 Å². The second-order valence-corrected chi connectivity index (χ2v) is 3.62. The molecule has 0 saturated heterocycles. The molecule has 0 aromatic heterocycles. The number of rotatable bonds is 5. The van der Waals surface area contributed by atoms with Gasteiger partial charge in [-0.1, -0.05) is 26.7 Å². The zero-order valence-electron chi connectivity index (χ0n) is 7.39. The van der Waals surface area contributed by atoms with Gasteiger partial charge in [-0.25, -0.2) is 0 Å². The lowest BCUT2D eigenvalue weighted by atomic mass is 10.1. The molecular formula is C8H18N2S. The molecule has 0 aromatic rings. The first-order valence-corrected chi connectivity index (χ1v) is 4.57. The van der Waals surface area contributed by atoms with Gasteiger partial charge >= 0.3 is 0 Å². The molecule has 0 amide bonds. The van der Waals surface area contributed by atoms with Crippen molar-refractivity contribution in [2.75, 3.05) is 6.54 Å². The maximum absolute atomic E-state index is 5.25. The average molecular weight is 174 g/mol. The van der Waals surface area contributed by atoms with Gasteiger partial charge in [-0.05, 0) is 24.6 Å². The van der Waals surface area contributed by atoms with Gasteiger partial charge < -0.3 is 11.1 Å². The van der Waals surface area contributed by atoms with Crippen LogP contribution < -0.4 is 11.1 Å². The maximum Gasteiger partial charge on any atom is 0.163 e. The molecule has 0 rings (SSSR count). The fraction of sp³-hybridized carbons (Fsp3) is 0.875. The van der Waals surface area contributed by atoms with Gasteiger partial charge in [0.1, 0.15) is 0 Å². The highest BCUT2D eigenvalue weighted by Gasteiger charge is 1.93. The summed E-state index contributed by atoms with van der Waals surface area (Å²) < 4.78 is 0. The van der Waals surface area contributed by atoms with Crippen molar-refractivity contribution in [1.82, 2.24) is 5.32 Å². The largest absolute Gasteiger partial charge is 0.376 e. The fourth-order valence-electron chi connectivity index (χ4n) is 0.889. The van der Waals surface area contributed by atoms with Gasteiger partial charge in [-0.2, -0.15) is 0 Å². The number of hydrogen-bond acceptors (Lipinski definition) is 1. The Morgan fingerprint density at radius 2 is 2.09 bits per heavy atom. The van der Waals surface area contributed by atoms with Crippen molar-refractivity contribution in [3.05, 3.63) is 0 Å². The molecule has 0 unspecified atom stereocenters. The van der Waals surface area contributed by atoms with Crippen LogP contribution in [0.25, 0.3) is 0 Å². The fourth-order valence-corrected chi connectivity index (χ4v) is 0.991. The third kappa shape index (κ3) is 9.69. The highest BCUT2D eigenvalue weighted by Crippen LogP contribution is 2.04. The summed E-state index contributed by atoms with van der Waals surface area (Å²) in [6, 6.07) is 0. The summed E-state index contributed by atoms with van der Waals surface area (Å²) in [7, 11) is 0. The van der Waals surface area contributed by atoms with Crippen molar-refractivity contribution in [3.63, 3.8) is 0 Å². The lowest BCUT2D eigenvalue weighted by Crippen LogP contribution is -2.29. The molecule has 0 radical (unpaired) electrons. The normalized spacial score (nSPS) is 10.1. The van der Waals surface area contributed by atoms with Gasteiger partial charge in [0.05, 0.1) is 0 Å². The number of hydrogen-bond donors (Lipinski definition) is 2. The van der Waals surface area contributed by atoms with Gasteiger partial charge in [-0.3, -0.25) is 0 Å². The zero-order chi connectivity index (χ0) is 8.69. The van der Waals surface area contributed by atoms with E-state index in [2.05, 4.69) is 31.4 Å². The summed E-state index contributed by atoms with van der Waals surface area (Å²) in [5, 5.41) is 3.34. The highest BCUT2D eigenvalue weighted by atomic mass is 32.1. The van der Waals surface area contributed by atoms with Gasteiger partial charge in [0.15, 0.2) is 5.11 Å². The third-order valence-electron chi connectivity index (χ3n) is 1.51. The molecule has 3 heteroatoms. The van der Waals surface area contributed by atoms with Crippen LogP contribution >= 0.6 is 12.2 Å². The van der Waals surface area contributed by atoms with Crippen molar-refractivity contribution in [2.45, 2.75) is 33.1 Å². The van der Waals surface area contributed by atoms with Crippen molar-refractivity contribution >= 4 is 17.3 Å². The standard InChI is InChI=1S/C8H18N2S/c1-7(2)5-3-4-6-10-8(9)11/h7H,3-6H2,1-2H3,(H3,9,10,11). The predicted molar refractivity (Wildman–Crippen MR) is 53.5 cm³/mol. The van der Waals surface area contributed by atoms with Crippen molar-refractivity contribution in [3.8, 4) is 0 Å². The van der Waals surface area contributed by atoms with Crippen LogP contribution in [-0.4, -0.2) is 11.7 Å². The second-order valence-electron chi connectivity index (χ2n) is 3.18. The molecule has 0 heterocycles. The molecule has 0 fully saturated rings. The molecule has 0 aliphatic heterocycles. The van der Waals surface area contributed by atoms with Crippen LogP contribution in [0.4, 0.5) is 0 Å². The molecule has 66 valence electrons. The first-order chi connectivity index (χ1) is 5.13. The van der Waals surface area contributed by atoms with E-state index in [1.807, 2.05) is 0 Å². The van der Waals surface area contributed by atoms with E-state index in [1.165, 1.54) is 12.8 Å². The third-order valence-corrected chi connectivity index (χ3v) is 1.65. The Kier molecular flexibility index (Phi) is 6.22. The van der Waals surface area contributed by atoms with Crippen molar-refractivity contribution < 1.29 is 0 Å². The van der Waals surface area contributed by atoms with E-state index >= 15 is 0 Å². The molecule has 3 N–H and O–H groups in total. The van der Waals surface area contributed by atoms with Gasteiger partial charge in [0, 0.05) is 6.54 Å². The molecule has 0 bridgehead atoms. The summed E-state index contributed by atoms with van der Waals surface area (Å²) in [5.41, 5.74) is 5.25. The SMILES string of the molecule is CC(C)CCCCNC(N)=S. The van der Waals surface area contributed by atoms with Crippen molar-refractivity contribution in [1.29, 1.82) is 0 Å². The molecule has 0 atom stereocenters. The Balaban J connectivity index is 2.97. The summed E-state index contributed by atoms with van der Waals surface area (Å²) in [6.07, 6.45) is 3.71. The molecule has 0 spiro atoms. The summed E-state index contributed by atoms with van der Waals surface area (Å²) in [4.78, 5) is 0. The molecule has 0 aliphatic carbocycles. The first-order valence-electron chi connectivity index (χ1n) is 4.16. The monoisotopic (exact) mass is 174 g/mol. The Bertz CT molecular complexity index is 113. The number of nitrogens with one attached hydrogen (secondary N) is 1. The van der Waals surface area contributed by atoms with Gasteiger partial charge in [0.25, 0.3) is 0 Å². The van der Waals surface area contributed by atoms with Crippen LogP contribution in [0.5, 0.6) is 0 Å². The highest BCUT2D eigenvalue weighted by molar-refractivity contribution is 7.80. The average Bonchev–Trinajstić information content (AvgIpc) is 1.85. The molecular weight excluding hydrogens is 156 g/mol. The van der Waals surface area contributed by atoms with Crippen LogP contribution in [0.15, 0.2) is 0 Å². The first kappa shape index (κ1) is 10.7. The number of nitrogens with two attached hydrogens (primary N) is 1. The van der Waals surface area contributed by atoms with E-state index in [-0.39, 0.29) is 0 Å². The Morgan fingerprint density at radius 3 is 2.55 bits per heavy atom. The number of unbranched alkanes of at least 4 members (excludes halogenated alkanes) is 1. The minimum absolute atomic E-state index is 0.412. The molecule has 0 aromatic carbocycles. The maximum atomic E-state index is 5.25. The smallest absolute Gasteiger partial charge is 0.163 e. The van der Waals surface area contributed by atoms with Crippen LogP contribution in [0.1, 0.15) is 33.1 Å². The second kappa shape index (κ2) is 6.40. The van der Waals surface area contributed by atoms with E-state index < -0.39 is 0 Å². The Labute approximate surface area is 74.5 Å². The predicted octanol–water partition coefficient (Wildman–Crippen LogP) is 1.65. The van der Waals surface area contributed by atoms with Crippen LogP contribution in [0, 0.1) is 5.92 Å². The molecule has 2 nitrogen and oxygen atoms in total. The van der Waals surface area contributed by atoms with Crippen LogP contribution in [0.2, 0.25) is 0 Å². The minimum atomic E-state index is 0.412. The summed E-state index contributed by atoms with van der Waals surface area (Å²) in [5.74, 6) is 0.805. The van der Waals surface area contributed by atoms with E-state index in [4.69, 9.17) is 5.73 Å². The number of thiocarbonyl (C=S) groups is 1. The zero-order valence-corrected chi connectivity index (χ0v) is 8.21. The van der Waals surface area contributed by atoms with E-state index in [0.717, 1.165) is 18.9 Å². The summed E-state index contributed by atoms with van der Waals surface area (Å²) >= 11 is 4.66.